The maximum absolute atomic E-state index is 4.86. The number of methoxy groups -OCH3 is 2. The monoisotopic (exact) mass is 169 g/mol. The summed E-state index contributed by atoms with van der Waals surface area (Å²) in [5, 5.41) is 0. The summed E-state index contributed by atoms with van der Waals surface area (Å²) in [5.74, 6) is 0.665. The third kappa shape index (κ3) is 1.81. The molecule has 1 rings (SSSR count). The van der Waals surface area contributed by atoms with E-state index in [1.165, 1.54) is 14.2 Å². The van der Waals surface area contributed by atoms with Crippen LogP contribution in [0.4, 0.5) is 0 Å². The Kier molecular flexibility index (Phi) is 2.79. The van der Waals surface area contributed by atoms with Crippen molar-refractivity contribution in [3.8, 4) is 12.0 Å². The van der Waals surface area contributed by atoms with E-state index in [2.05, 4.69) is 15.0 Å². The van der Waals surface area contributed by atoms with Gasteiger partial charge in [0.25, 0.3) is 0 Å². The number of hydrogen-bond acceptors (Lipinski definition) is 5. The highest BCUT2D eigenvalue weighted by molar-refractivity contribution is 5.04. The fraction of sp³-hybridized carbons (Fsp3) is 0.571. The molecule has 1 heterocycles. The van der Waals surface area contributed by atoms with Gasteiger partial charge in [0, 0.05) is 6.42 Å². The molecule has 0 aliphatic carbocycles. The third-order valence-corrected chi connectivity index (χ3v) is 1.32. The molecule has 0 spiro atoms. The van der Waals surface area contributed by atoms with Crippen LogP contribution in [0.15, 0.2) is 0 Å². The van der Waals surface area contributed by atoms with Crippen molar-refractivity contribution in [2.75, 3.05) is 14.2 Å². The fourth-order valence-electron chi connectivity index (χ4n) is 0.718. The Morgan fingerprint density at radius 1 is 1.00 bits per heavy atom. The van der Waals surface area contributed by atoms with E-state index in [9.17, 15) is 0 Å². The van der Waals surface area contributed by atoms with E-state index >= 15 is 0 Å². The first-order valence-electron chi connectivity index (χ1n) is 3.63. The lowest BCUT2D eigenvalue weighted by molar-refractivity contribution is 0.336. The summed E-state index contributed by atoms with van der Waals surface area (Å²) in [6.45, 7) is 1.95. The van der Waals surface area contributed by atoms with E-state index in [1.54, 1.807) is 0 Å². The topological polar surface area (TPSA) is 57.1 Å². The molecule has 0 saturated heterocycles. The number of aryl methyl sites for hydroxylation is 1. The fourth-order valence-corrected chi connectivity index (χ4v) is 0.718. The van der Waals surface area contributed by atoms with Crippen LogP contribution in [0.5, 0.6) is 12.0 Å². The molecule has 0 radical (unpaired) electrons. The maximum Gasteiger partial charge on any atom is 0.322 e. The smallest absolute Gasteiger partial charge is 0.322 e. The molecule has 0 atom stereocenters. The van der Waals surface area contributed by atoms with E-state index in [1.807, 2.05) is 6.92 Å². The Morgan fingerprint density at radius 2 is 1.50 bits per heavy atom. The van der Waals surface area contributed by atoms with Gasteiger partial charge in [0.1, 0.15) is 5.82 Å². The highest BCUT2D eigenvalue weighted by Crippen LogP contribution is 2.08. The van der Waals surface area contributed by atoms with Crippen LogP contribution < -0.4 is 9.47 Å². The van der Waals surface area contributed by atoms with Gasteiger partial charge in [-0.15, -0.1) is 4.98 Å². The largest absolute Gasteiger partial charge is 0.467 e. The molecule has 0 saturated carbocycles. The van der Waals surface area contributed by atoms with Gasteiger partial charge >= 0.3 is 12.0 Å². The molecule has 0 amide bonds. The predicted molar refractivity (Wildman–Crippen MR) is 42.3 cm³/mol. The lowest BCUT2D eigenvalue weighted by Crippen LogP contribution is -2.02. The third-order valence-electron chi connectivity index (χ3n) is 1.32. The first-order valence-corrected chi connectivity index (χ1v) is 3.63. The molecule has 0 aliphatic heterocycles. The van der Waals surface area contributed by atoms with Gasteiger partial charge < -0.3 is 9.47 Å². The molecule has 5 nitrogen and oxygen atoms in total. The zero-order valence-electron chi connectivity index (χ0n) is 7.37. The van der Waals surface area contributed by atoms with Crippen molar-refractivity contribution in [1.82, 2.24) is 15.0 Å². The molecule has 0 aromatic carbocycles. The molecule has 0 bridgehead atoms. The first-order chi connectivity index (χ1) is 5.80. The lowest BCUT2D eigenvalue weighted by atomic mass is 10.5. The highest BCUT2D eigenvalue weighted by Gasteiger charge is 2.04. The van der Waals surface area contributed by atoms with Crippen LogP contribution in [0.2, 0.25) is 0 Å². The zero-order valence-corrected chi connectivity index (χ0v) is 7.37. The Labute approximate surface area is 70.8 Å². The van der Waals surface area contributed by atoms with Crippen LogP contribution in [0, 0.1) is 0 Å². The number of hydrogen-bond donors (Lipinski definition) is 0. The van der Waals surface area contributed by atoms with Crippen LogP contribution in [-0.2, 0) is 6.42 Å². The van der Waals surface area contributed by atoms with Crippen LogP contribution in [0.25, 0.3) is 0 Å². The first kappa shape index (κ1) is 8.70. The van der Waals surface area contributed by atoms with Crippen molar-refractivity contribution in [2.24, 2.45) is 0 Å². The quantitative estimate of drug-likeness (QED) is 0.657. The molecule has 0 unspecified atom stereocenters. The summed E-state index contributed by atoms with van der Waals surface area (Å²) >= 11 is 0. The maximum atomic E-state index is 4.86. The number of rotatable bonds is 3. The average Bonchev–Trinajstić information content (AvgIpc) is 2.16. The molecule has 1 aromatic heterocycles. The standard InChI is InChI=1S/C7H11N3O2/c1-4-5-8-6(11-2)10-7(9-5)12-3/h4H2,1-3H3. The minimum Gasteiger partial charge on any atom is -0.467 e. The van der Waals surface area contributed by atoms with Crippen molar-refractivity contribution in [3.05, 3.63) is 5.82 Å². The van der Waals surface area contributed by atoms with E-state index in [0.717, 1.165) is 6.42 Å². The second-order valence-electron chi connectivity index (χ2n) is 2.08. The van der Waals surface area contributed by atoms with Gasteiger partial charge in [-0.2, -0.15) is 9.97 Å². The zero-order chi connectivity index (χ0) is 8.97. The Morgan fingerprint density at radius 3 is 1.83 bits per heavy atom. The summed E-state index contributed by atoms with van der Waals surface area (Å²) < 4.78 is 9.71. The molecule has 1 aromatic rings. The predicted octanol–water partition coefficient (Wildman–Crippen LogP) is 0.451. The minimum atomic E-state index is 0.290. The summed E-state index contributed by atoms with van der Waals surface area (Å²) in [7, 11) is 3.02. The summed E-state index contributed by atoms with van der Waals surface area (Å²) in [5.41, 5.74) is 0. The Balaban J connectivity index is 3.01. The van der Waals surface area contributed by atoms with Gasteiger partial charge in [0.15, 0.2) is 0 Å². The second kappa shape index (κ2) is 3.85. The number of ether oxygens (including phenoxy) is 2. The highest BCUT2D eigenvalue weighted by atomic mass is 16.5. The second-order valence-corrected chi connectivity index (χ2v) is 2.08. The van der Waals surface area contributed by atoms with Crippen molar-refractivity contribution in [3.63, 3.8) is 0 Å². The lowest BCUT2D eigenvalue weighted by Gasteiger charge is -2.02. The van der Waals surface area contributed by atoms with Crippen molar-refractivity contribution in [1.29, 1.82) is 0 Å². The van der Waals surface area contributed by atoms with E-state index < -0.39 is 0 Å². The number of aromatic nitrogens is 3. The molecular weight excluding hydrogens is 158 g/mol. The average molecular weight is 169 g/mol. The minimum absolute atomic E-state index is 0.290. The molecule has 0 N–H and O–H groups in total. The van der Waals surface area contributed by atoms with Crippen LogP contribution >= 0.6 is 0 Å². The van der Waals surface area contributed by atoms with Gasteiger partial charge in [0.05, 0.1) is 14.2 Å². The van der Waals surface area contributed by atoms with E-state index in [4.69, 9.17) is 9.47 Å². The normalized spacial score (nSPS) is 9.58. The summed E-state index contributed by atoms with van der Waals surface area (Å²) in [4.78, 5) is 11.8. The molecule has 5 heteroatoms. The van der Waals surface area contributed by atoms with Crippen LogP contribution in [0.1, 0.15) is 12.7 Å². The SMILES string of the molecule is CCc1nc(OC)nc(OC)n1. The molecular formula is C7H11N3O2. The van der Waals surface area contributed by atoms with Gasteiger partial charge in [-0.05, 0) is 0 Å². The molecule has 0 aliphatic rings. The van der Waals surface area contributed by atoms with Gasteiger partial charge in [-0.1, -0.05) is 6.92 Å². The molecule has 0 fully saturated rings. The summed E-state index contributed by atoms with van der Waals surface area (Å²) in [6, 6.07) is 0.581. The van der Waals surface area contributed by atoms with E-state index in [-0.39, 0.29) is 0 Å². The Hall–Kier alpha value is -1.39. The van der Waals surface area contributed by atoms with Gasteiger partial charge in [0.2, 0.25) is 0 Å². The van der Waals surface area contributed by atoms with Crippen molar-refractivity contribution in [2.45, 2.75) is 13.3 Å². The molecule has 66 valence electrons. The molecule has 12 heavy (non-hydrogen) atoms. The van der Waals surface area contributed by atoms with Gasteiger partial charge in [-0.25, -0.2) is 0 Å². The van der Waals surface area contributed by atoms with Crippen molar-refractivity contribution >= 4 is 0 Å². The van der Waals surface area contributed by atoms with Crippen molar-refractivity contribution < 1.29 is 9.47 Å². The summed E-state index contributed by atoms with van der Waals surface area (Å²) in [6.07, 6.45) is 0.731. The van der Waals surface area contributed by atoms with Crippen LogP contribution in [-0.4, -0.2) is 29.2 Å². The van der Waals surface area contributed by atoms with Gasteiger partial charge in [-0.3, -0.25) is 0 Å². The number of nitrogens with zero attached hydrogens (tertiary/aromatic N) is 3. The van der Waals surface area contributed by atoms with E-state index in [0.29, 0.717) is 17.8 Å². The van der Waals surface area contributed by atoms with Crippen LogP contribution in [0.3, 0.4) is 0 Å². The Bertz CT molecular complexity index is 210.